The highest BCUT2D eigenvalue weighted by Gasteiger charge is 2.04. The molecule has 6 heteroatoms. The molecule has 1 amide bonds. The highest BCUT2D eigenvalue weighted by Crippen LogP contribution is 2.21. The Morgan fingerprint density at radius 1 is 1.44 bits per heavy atom. The van der Waals surface area contributed by atoms with Crippen LogP contribution in [0.5, 0.6) is 5.75 Å². The molecule has 0 unspecified atom stereocenters. The molecule has 2 rings (SSSR count). The number of ether oxygens (including phenoxy) is 1. The number of carbonyl (C=O) groups excluding carboxylic acids is 1. The second-order valence-electron chi connectivity index (χ2n) is 3.50. The quantitative estimate of drug-likeness (QED) is 0.811. The lowest BCUT2D eigenvalue weighted by molar-refractivity contribution is -0.113. The topological polar surface area (TPSA) is 67.0 Å². The maximum absolute atomic E-state index is 11.6. The number of anilines is 1. The van der Waals surface area contributed by atoms with Gasteiger partial charge in [0.05, 0.1) is 24.7 Å². The first kappa shape index (κ1) is 12.5. The van der Waals surface area contributed by atoms with Gasteiger partial charge in [0.2, 0.25) is 5.91 Å². The van der Waals surface area contributed by atoms with Crippen molar-refractivity contribution in [2.45, 2.75) is 4.90 Å². The van der Waals surface area contributed by atoms with E-state index in [9.17, 15) is 4.79 Å². The van der Waals surface area contributed by atoms with Crippen LogP contribution in [0.1, 0.15) is 0 Å². The Hall–Kier alpha value is -1.95. The smallest absolute Gasteiger partial charge is 0.234 e. The molecular weight excluding hydrogens is 250 g/mol. The standard InChI is InChI=1S/C12H13N3O2S/c1-17-10-2-4-11(5-3-10)18-8-12(16)15-9-6-13-14-7-9/h2-7H,8H2,1H3,(H,13,14)(H,15,16). The lowest BCUT2D eigenvalue weighted by Crippen LogP contribution is -2.13. The molecule has 0 saturated carbocycles. The number of thioether (sulfide) groups is 1. The Morgan fingerprint density at radius 2 is 2.22 bits per heavy atom. The molecule has 1 aromatic heterocycles. The Balaban J connectivity index is 1.81. The van der Waals surface area contributed by atoms with Crippen molar-refractivity contribution >= 4 is 23.4 Å². The molecule has 0 aliphatic carbocycles. The van der Waals surface area contributed by atoms with Crippen molar-refractivity contribution < 1.29 is 9.53 Å². The van der Waals surface area contributed by atoms with E-state index in [1.54, 1.807) is 19.5 Å². The summed E-state index contributed by atoms with van der Waals surface area (Å²) >= 11 is 1.47. The molecule has 1 heterocycles. The van der Waals surface area contributed by atoms with Crippen LogP contribution in [-0.2, 0) is 4.79 Å². The van der Waals surface area contributed by atoms with Crippen LogP contribution >= 0.6 is 11.8 Å². The maximum atomic E-state index is 11.6. The fourth-order valence-electron chi connectivity index (χ4n) is 1.34. The number of rotatable bonds is 5. The molecule has 0 radical (unpaired) electrons. The first-order valence-corrected chi connectivity index (χ1v) is 6.32. The summed E-state index contributed by atoms with van der Waals surface area (Å²) in [7, 11) is 1.63. The van der Waals surface area contributed by atoms with Crippen molar-refractivity contribution in [2.24, 2.45) is 0 Å². The second-order valence-corrected chi connectivity index (χ2v) is 4.55. The zero-order chi connectivity index (χ0) is 12.8. The van der Waals surface area contributed by atoms with Gasteiger partial charge < -0.3 is 10.1 Å². The number of benzene rings is 1. The van der Waals surface area contributed by atoms with Crippen molar-refractivity contribution in [3.05, 3.63) is 36.7 Å². The minimum atomic E-state index is -0.0581. The molecule has 0 fully saturated rings. The summed E-state index contributed by atoms with van der Waals surface area (Å²) in [5.74, 6) is 1.11. The minimum absolute atomic E-state index is 0.0581. The zero-order valence-corrected chi connectivity index (χ0v) is 10.7. The number of amides is 1. The summed E-state index contributed by atoms with van der Waals surface area (Å²) in [6.45, 7) is 0. The van der Waals surface area contributed by atoms with E-state index in [1.165, 1.54) is 11.8 Å². The number of carbonyl (C=O) groups is 1. The van der Waals surface area contributed by atoms with Crippen molar-refractivity contribution in [1.82, 2.24) is 10.2 Å². The maximum Gasteiger partial charge on any atom is 0.234 e. The minimum Gasteiger partial charge on any atom is -0.497 e. The predicted octanol–water partition coefficient (Wildman–Crippen LogP) is 2.15. The van der Waals surface area contributed by atoms with Crippen LogP contribution < -0.4 is 10.1 Å². The van der Waals surface area contributed by atoms with Gasteiger partial charge in [-0.25, -0.2) is 0 Å². The number of H-pyrrole nitrogens is 1. The van der Waals surface area contributed by atoms with E-state index in [0.717, 1.165) is 10.6 Å². The second kappa shape index (κ2) is 6.11. The fraction of sp³-hybridized carbons (Fsp3) is 0.167. The monoisotopic (exact) mass is 263 g/mol. The van der Waals surface area contributed by atoms with Gasteiger partial charge in [0, 0.05) is 11.1 Å². The van der Waals surface area contributed by atoms with Crippen LogP contribution in [-0.4, -0.2) is 29.0 Å². The van der Waals surface area contributed by atoms with Crippen LogP contribution in [0.25, 0.3) is 0 Å². The summed E-state index contributed by atoms with van der Waals surface area (Å²) in [5.41, 5.74) is 0.676. The molecule has 1 aromatic carbocycles. The highest BCUT2D eigenvalue weighted by atomic mass is 32.2. The Kier molecular flexibility index (Phi) is 4.25. The molecular formula is C12H13N3O2S. The number of hydrogen-bond acceptors (Lipinski definition) is 4. The van der Waals surface area contributed by atoms with Crippen LogP contribution in [0, 0.1) is 0 Å². The molecule has 0 aliphatic rings. The van der Waals surface area contributed by atoms with Gasteiger partial charge in [-0.2, -0.15) is 5.10 Å². The van der Waals surface area contributed by atoms with Crippen molar-refractivity contribution in [1.29, 1.82) is 0 Å². The zero-order valence-electron chi connectivity index (χ0n) is 9.84. The third-order valence-electron chi connectivity index (χ3n) is 2.21. The summed E-state index contributed by atoms with van der Waals surface area (Å²) in [4.78, 5) is 12.6. The van der Waals surface area contributed by atoms with E-state index in [1.807, 2.05) is 24.3 Å². The van der Waals surface area contributed by atoms with Gasteiger partial charge in [-0.3, -0.25) is 9.89 Å². The van der Waals surface area contributed by atoms with E-state index >= 15 is 0 Å². The van der Waals surface area contributed by atoms with Gasteiger partial charge in [0.25, 0.3) is 0 Å². The van der Waals surface area contributed by atoms with Crippen LogP contribution in [0.4, 0.5) is 5.69 Å². The number of methoxy groups -OCH3 is 1. The fourth-order valence-corrected chi connectivity index (χ4v) is 2.04. The summed E-state index contributed by atoms with van der Waals surface area (Å²) < 4.78 is 5.07. The van der Waals surface area contributed by atoms with Gasteiger partial charge in [0.1, 0.15) is 5.75 Å². The first-order chi connectivity index (χ1) is 8.78. The predicted molar refractivity (Wildman–Crippen MR) is 70.9 cm³/mol. The first-order valence-electron chi connectivity index (χ1n) is 5.33. The molecule has 5 nitrogen and oxygen atoms in total. The largest absolute Gasteiger partial charge is 0.497 e. The van der Waals surface area contributed by atoms with E-state index in [2.05, 4.69) is 15.5 Å². The molecule has 0 atom stereocenters. The molecule has 2 N–H and O–H groups in total. The number of nitrogens with one attached hydrogen (secondary N) is 2. The van der Waals surface area contributed by atoms with Gasteiger partial charge in [-0.15, -0.1) is 11.8 Å². The Labute approximate surface area is 109 Å². The lowest BCUT2D eigenvalue weighted by Gasteiger charge is -2.04. The van der Waals surface area contributed by atoms with Crippen molar-refractivity contribution in [3.63, 3.8) is 0 Å². The third-order valence-corrected chi connectivity index (χ3v) is 3.22. The number of aromatic amines is 1. The molecule has 0 saturated heterocycles. The molecule has 94 valence electrons. The lowest BCUT2D eigenvalue weighted by atomic mass is 10.3. The SMILES string of the molecule is COc1ccc(SCC(=O)Nc2cn[nH]c2)cc1. The summed E-state index contributed by atoms with van der Waals surface area (Å²) in [6, 6.07) is 7.59. The highest BCUT2D eigenvalue weighted by molar-refractivity contribution is 8.00. The molecule has 0 bridgehead atoms. The normalized spacial score (nSPS) is 10.1. The summed E-state index contributed by atoms with van der Waals surface area (Å²) in [5, 5.41) is 9.12. The average Bonchev–Trinajstić information content (AvgIpc) is 2.90. The van der Waals surface area contributed by atoms with E-state index in [0.29, 0.717) is 11.4 Å². The van der Waals surface area contributed by atoms with Gasteiger partial charge in [-0.1, -0.05) is 0 Å². The van der Waals surface area contributed by atoms with E-state index < -0.39 is 0 Å². The van der Waals surface area contributed by atoms with Gasteiger partial charge in [0.15, 0.2) is 0 Å². The van der Waals surface area contributed by atoms with Crippen LogP contribution in [0.2, 0.25) is 0 Å². The Bertz CT molecular complexity index is 497. The number of aromatic nitrogens is 2. The van der Waals surface area contributed by atoms with Gasteiger partial charge in [-0.05, 0) is 24.3 Å². The van der Waals surface area contributed by atoms with Crippen LogP contribution in [0.3, 0.4) is 0 Å². The molecule has 0 spiro atoms. The third kappa shape index (κ3) is 3.53. The van der Waals surface area contributed by atoms with Crippen molar-refractivity contribution in [2.75, 3.05) is 18.2 Å². The van der Waals surface area contributed by atoms with Crippen LogP contribution in [0.15, 0.2) is 41.6 Å². The molecule has 18 heavy (non-hydrogen) atoms. The van der Waals surface area contributed by atoms with Gasteiger partial charge >= 0.3 is 0 Å². The molecule has 2 aromatic rings. The summed E-state index contributed by atoms with van der Waals surface area (Å²) in [6.07, 6.45) is 3.20. The average molecular weight is 263 g/mol. The number of nitrogens with zero attached hydrogens (tertiary/aromatic N) is 1. The van der Waals surface area contributed by atoms with E-state index in [4.69, 9.17) is 4.74 Å². The Morgan fingerprint density at radius 3 is 2.83 bits per heavy atom. The van der Waals surface area contributed by atoms with E-state index in [-0.39, 0.29) is 5.91 Å². The molecule has 0 aliphatic heterocycles. The number of hydrogen-bond donors (Lipinski definition) is 2. The van der Waals surface area contributed by atoms with Crippen molar-refractivity contribution in [3.8, 4) is 5.75 Å².